The molecule has 2 N–H and O–H groups in total. The average molecular weight is 83.1 g/mol. The maximum atomic E-state index is 10.6. The van der Waals surface area contributed by atoms with Gasteiger partial charge in [0.15, 0.2) is 0 Å². The van der Waals surface area contributed by atoms with Crippen molar-refractivity contribution in [2.75, 3.05) is 13.2 Å². The summed E-state index contributed by atoms with van der Waals surface area (Å²) in [5.74, 6) is 0. The van der Waals surface area contributed by atoms with Crippen LogP contribution in [-0.2, 0) is 0 Å². The highest BCUT2D eigenvalue weighted by Crippen LogP contribution is 1.50. The Morgan fingerprint density at radius 2 is 1.80 bits per heavy atom. The summed E-state index contributed by atoms with van der Waals surface area (Å²) in [6.07, 6.45) is 0. The molecule has 0 unspecified atom stereocenters. The van der Waals surface area contributed by atoms with Gasteiger partial charge < -0.3 is 5.73 Å². The fourth-order valence-electron chi connectivity index (χ4n) is 0. The predicted molar refractivity (Wildman–Crippen MR) is 17.5 cm³/mol. The molecule has 34 valence electrons. The highest BCUT2D eigenvalue weighted by molar-refractivity contribution is 4.18. The zero-order chi connectivity index (χ0) is 3.41. The van der Waals surface area contributed by atoms with E-state index < -0.39 is 6.67 Å². The van der Waals surface area contributed by atoms with Gasteiger partial charge in [-0.3, -0.25) is 4.70 Å². The number of hydrogen-bond donors (Lipinski definition) is 1. The second kappa shape index (κ2) is 9.17. The van der Waals surface area contributed by atoms with Crippen LogP contribution in [0.15, 0.2) is 0 Å². The van der Waals surface area contributed by atoms with Crippen LogP contribution in [0.2, 0.25) is 0 Å². The van der Waals surface area contributed by atoms with E-state index in [9.17, 15) is 4.39 Å². The highest BCUT2D eigenvalue weighted by Gasteiger charge is 1.60. The molecular weight excluding hydrogens is 76.0 g/mol. The van der Waals surface area contributed by atoms with Crippen molar-refractivity contribution < 1.29 is 9.09 Å². The van der Waals surface area contributed by atoms with Crippen LogP contribution in [0, 0.1) is 0 Å². The van der Waals surface area contributed by atoms with Gasteiger partial charge in [-0.2, -0.15) is 0 Å². The quantitative estimate of drug-likeness (QED) is 0.477. The topological polar surface area (TPSA) is 26.0 Å². The summed E-state index contributed by atoms with van der Waals surface area (Å²) < 4.78 is 10.6. The van der Waals surface area contributed by atoms with E-state index in [0.717, 1.165) is 0 Å². The number of rotatable bonds is 1. The number of hydrogen-bond acceptors (Lipinski definition) is 1. The molecule has 0 aromatic rings. The second-order valence-electron chi connectivity index (χ2n) is 0.478. The van der Waals surface area contributed by atoms with E-state index in [1.165, 1.54) is 0 Å². The monoisotopic (exact) mass is 83.1 g/mol. The Kier molecular flexibility index (Phi) is 16.2. The zero-order valence-corrected chi connectivity index (χ0v) is 2.78. The molecule has 5 heavy (non-hydrogen) atoms. The molecule has 3 heteroatoms. The molecule has 0 radical (unpaired) electrons. The van der Waals surface area contributed by atoms with Crippen LogP contribution in [0.1, 0.15) is 0 Å². The van der Waals surface area contributed by atoms with Crippen LogP contribution >= 0.6 is 0 Å². The summed E-state index contributed by atoms with van der Waals surface area (Å²) in [6, 6.07) is 0. The first-order valence-electron chi connectivity index (χ1n) is 1.18. The van der Waals surface area contributed by atoms with Crippen LogP contribution < -0.4 is 5.73 Å². The van der Waals surface area contributed by atoms with E-state index in [0.29, 0.717) is 0 Å². The molecule has 0 saturated heterocycles. The van der Waals surface area contributed by atoms with E-state index in [-0.39, 0.29) is 11.2 Å². The summed E-state index contributed by atoms with van der Waals surface area (Å²) >= 11 is 0. The average Bonchev–Trinajstić information content (AvgIpc) is 1.37. The molecule has 0 heterocycles. The molecule has 0 rings (SSSR count). The second-order valence-corrected chi connectivity index (χ2v) is 0.478. The van der Waals surface area contributed by atoms with Crippen LogP contribution in [0.5, 0.6) is 0 Å². The van der Waals surface area contributed by atoms with Gasteiger partial charge in [-0.15, -0.1) is 0 Å². The fraction of sp³-hybridized carbons (Fsp3) is 1.00. The molecule has 0 bridgehead atoms. The highest BCUT2D eigenvalue weighted by atomic mass is 19.1. The third-order valence-corrected chi connectivity index (χ3v) is 0.109. The Labute approximate surface area is 29.3 Å². The molecule has 0 fully saturated rings. The minimum absolute atomic E-state index is 0. The summed E-state index contributed by atoms with van der Waals surface area (Å²) in [6.45, 7) is -0.250. The lowest BCUT2D eigenvalue weighted by Gasteiger charge is -1.67. The Bertz CT molecular complexity index is 9.61. The number of alkyl halides is 1. The molecule has 0 aliphatic heterocycles. The van der Waals surface area contributed by atoms with Crippen molar-refractivity contribution >= 4 is 0 Å². The van der Waals surface area contributed by atoms with Gasteiger partial charge >= 0.3 is 0 Å². The molecule has 0 aromatic heterocycles. The molecule has 0 aliphatic rings. The van der Waals surface area contributed by atoms with Crippen LogP contribution in [0.3, 0.4) is 0 Å². The zero-order valence-electron chi connectivity index (χ0n) is 2.78. The summed E-state index contributed by atoms with van der Waals surface area (Å²) in [5, 5.41) is 0. The van der Waals surface area contributed by atoms with E-state index in [1.54, 1.807) is 0 Å². The minimum Gasteiger partial charge on any atom is -0.328 e. The molecule has 0 aliphatic carbocycles. The van der Waals surface area contributed by atoms with Gasteiger partial charge in [-0.05, 0) is 0 Å². The third-order valence-electron chi connectivity index (χ3n) is 0.109. The maximum Gasteiger partial charge on any atom is 0.102 e. The molecule has 0 spiro atoms. The van der Waals surface area contributed by atoms with Gasteiger partial charge in [-0.25, -0.2) is 4.39 Å². The Balaban J connectivity index is 0. The van der Waals surface area contributed by atoms with Crippen molar-refractivity contribution in [3.05, 3.63) is 0 Å². The number of halogens is 2. The van der Waals surface area contributed by atoms with Gasteiger partial charge in [0.25, 0.3) is 0 Å². The largest absolute Gasteiger partial charge is 0.328 e. The van der Waals surface area contributed by atoms with Crippen LogP contribution in [0.4, 0.5) is 9.09 Å². The Morgan fingerprint density at radius 3 is 1.80 bits per heavy atom. The van der Waals surface area contributed by atoms with Gasteiger partial charge in [-0.1, -0.05) is 0 Å². The van der Waals surface area contributed by atoms with Crippen molar-refractivity contribution in [1.82, 2.24) is 0 Å². The molecule has 0 saturated carbocycles. The van der Waals surface area contributed by atoms with Crippen molar-refractivity contribution in [2.24, 2.45) is 5.73 Å². The lowest BCUT2D eigenvalue weighted by atomic mass is 10.8. The lowest BCUT2D eigenvalue weighted by Crippen LogP contribution is -1.98. The summed E-state index contributed by atoms with van der Waals surface area (Å²) in [5.41, 5.74) is 4.65. The molecule has 0 atom stereocenters. The van der Waals surface area contributed by atoms with Gasteiger partial charge in [0.05, 0.1) is 0 Å². The van der Waals surface area contributed by atoms with E-state index in [1.807, 2.05) is 0 Å². The Morgan fingerprint density at radius 1 is 1.60 bits per heavy atom. The Hall–Kier alpha value is -0.180. The summed E-state index contributed by atoms with van der Waals surface area (Å²) in [7, 11) is 0. The van der Waals surface area contributed by atoms with Crippen molar-refractivity contribution in [1.29, 1.82) is 0 Å². The molecule has 1 nitrogen and oxygen atoms in total. The van der Waals surface area contributed by atoms with Gasteiger partial charge in [0.1, 0.15) is 6.67 Å². The predicted octanol–water partition coefficient (Wildman–Crippen LogP) is 0.0671. The van der Waals surface area contributed by atoms with Crippen LogP contribution in [-0.4, -0.2) is 13.2 Å². The van der Waals surface area contributed by atoms with Gasteiger partial charge in [0.2, 0.25) is 0 Å². The fourth-order valence-corrected chi connectivity index (χ4v) is 0. The summed E-state index contributed by atoms with van der Waals surface area (Å²) in [4.78, 5) is 0. The van der Waals surface area contributed by atoms with Crippen molar-refractivity contribution in [3.63, 3.8) is 0 Å². The standard InChI is InChI=1S/C2H6FN.FH/c3-1-2-4;/h1-2,4H2;1H. The van der Waals surface area contributed by atoms with E-state index in [4.69, 9.17) is 0 Å². The molecule has 0 amide bonds. The van der Waals surface area contributed by atoms with E-state index >= 15 is 0 Å². The molecule has 0 aromatic carbocycles. The SMILES string of the molecule is F.NCCF. The first-order valence-corrected chi connectivity index (χ1v) is 1.18. The van der Waals surface area contributed by atoms with E-state index in [2.05, 4.69) is 5.73 Å². The van der Waals surface area contributed by atoms with Crippen LogP contribution in [0.25, 0.3) is 0 Å². The smallest absolute Gasteiger partial charge is 0.102 e. The lowest BCUT2D eigenvalue weighted by molar-refractivity contribution is 0.504. The van der Waals surface area contributed by atoms with Crippen molar-refractivity contribution in [3.8, 4) is 0 Å². The molecular formula is C2H7F2N. The third kappa shape index (κ3) is 18.8. The number of nitrogens with two attached hydrogens (primary N) is 1. The maximum absolute atomic E-state index is 10.6. The first-order chi connectivity index (χ1) is 1.91. The minimum atomic E-state index is -0.403. The van der Waals surface area contributed by atoms with Crippen molar-refractivity contribution in [2.45, 2.75) is 0 Å². The van der Waals surface area contributed by atoms with Gasteiger partial charge in [0, 0.05) is 6.54 Å². The first kappa shape index (κ1) is 8.84. The normalized spacial score (nSPS) is 6.00.